The second-order valence-electron chi connectivity index (χ2n) is 7.05. The lowest BCUT2D eigenvalue weighted by molar-refractivity contribution is 0.416. The van der Waals surface area contributed by atoms with Crippen molar-refractivity contribution in [2.75, 3.05) is 30.4 Å². The molecule has 0 fully saturated rings. The number of benzene rings is 2. The van der Waals surface area contributed by atoms with Crippen LogP contribution in [-0.2, 0) is 7.05 Å². The number of methoxy groups -OCH3 is 1. The molecule has 0 radical (unpaired) electrons. The predicted molar refractivity (Wildman–Crippen MR) is 129 cm³/mol. The molecule has 0 amide bonds. The third-order valence-electron chi connectivity index (χ3n) is 4.92. The lowest BCUT2D eigenvalue weighted by Crippen LogP contribution is -2.25. The van der Waals surface area contributed by atoms with Crippen LogP contribution in [0, 0.1) is 6.92 Å². The van der Waals surface area contributed by atoms with Gasteiger partial charge in [-0.3, -0.25) is 0 Å². The fourth-order valence-corrected chi connectivity index (χ4v) is 4.20. The average Bonchev–Trinajstić information content (AvgIpc) is 2.99. The van der Waals surface area contributed by atoms with E-state index in [0.29, 0.717) is 0 Å². The summed E-state index contributed by atoms with van der Waals surface area (Å²) in [4.78, 5) is 7.33. The number of nitrogens with one attached hydrogen (secondary N) is 1. The third kappa shape index (κ3) is 4.81. The van der Waals surface area contributed by atoms with Crippen molar-refractivity contribution >= 4 is 56.7 Å². The Bertz CT molecular complexity index is 967. The number of fused-ring (bicyclic) bond motifs is 1. The molecule has 0 bridgehead atoms. The molecule has 7 heteroatoms. The molecule has 158 valence electrons. The Labute approximate surface area is 188 Å². The summed E-state index contributed by atoms with van der Waals surface area (Å²) in [6.45, 7) is 8.60. The van der Waals surface area contributed by atoms with Gasteiger partial charge in [-0.25, -0.2) is 4.98 Å². The summed E-state index contributed by atoms with van der Waals surface area (Å²) < 4.78 is 8.72. The van der Waals surface area contributed by atoms with Crippen molar-refractivity contribution in [3.63, 3.8) is 0 Å². The number of hydrogen-bond donors (Lipinski definition) is 1. The maximum absolute atomic E-state index is 5.58. The normalized spacial score (nSPS) is 10.7. The van der Waals surface area contributed by atoms with Crippen molar-refractivity contribution in [2.24, 2.45) is 7.05 Å². The van der Waals surface area contributed by atoms with Crippen LogP contribution >= 0.6 is 28.3 Å². The van der Waals surface area contributed by atoms with Gasteiger partial charge in [0.25, 0.3) is 0 Å². The van der Waals surface area contributed by atoms with E-state index in [1.54, 1.807) is 7.11 Å². The molecule has 0 saturated heterocycles. The van der Waals surface area contributed by atoms with E-state index in [9.17, 15) is 0 Å². The molecule has 0 saturated carbocycles. The number of halogens is 2. The summed E-state index contributed by atoms with van der Waals surface area (Å²) >= 11 is 3.54. The van der Waals surface area contributed by atoms with E-state index in [1.807, 2.05) is 6.07 Å². The molecule has 2 aromatic carbocycles. The monoisotopic (exact) mass is 480 g/mol. The van der Waals surface area contributed by atoms with E-state index in [2.05, 4.69) is 82.8 Å². The van der Waals surface area contributed by atoms with Gasteiger partial charge in [-0.2, -0.15) is 0 Å². The molecule has 1 aromatic heterocycles. The first-order valence-corrected chi connectivity index (χ1v) is 10.6. The lowest BCUT2D eigenvalue weighted by Gasteiger charge is -2.25. The molecule has 0 atom stereocenters. The smallest absolute Gasteiger partial charge is 0.208 e. The van der Waals surface area contributed by atoms with Crippen LogP contribution in [0.1, 0.15) is 32.3 Å². The van der Waals surface area contributed by atoms with Gasteiger partial charge in [-0.1, -0.05) is 35.8 Å². The van der Waals surface area contributed by atoms with Crippen LogP contribution in [0.4, 0.5) is 17.3 Å². The van der Waals surface area contributed by atoms with Gasteiger partial charge in [0.15, 0.2) is 0 Å². The summed E-state index contributed by atoms with van der Waals surface area (Å²) in [5.41, 5.74) is 5.42. The number of hydrogen-bond acceptors (Lipinski definition) is 4. The van der Waals surface area contributed by atoms with E-state index in [0.717, 1.165) is 64.4 Å². The minimum Gasteiger partial charge on any atom is -0.495 e. The minimum absolute atomic E-state index is 0. The van der Waals surface area contributed by atoms with Crippen molar-refractivity contribution < 1.29 is 4.74 Å². The van der Waals surface area contributed by atoms with Crippen molar-refractivity contribution in [1.29, 1.82) is 0 Å². The van der Waals surface area contributed by atoms with E-state index in [1.165, 1.54) is 5.69 Å². The number of nitrogens with zero attached hydrogens (tertiary/aromatic N) is 3. The Morgan fingerprint density at radius 1 is 1.17 bits per heavy atom. The van der Waals surface area contributed by atoms with E-state index in [-0.39, 0.29) is 12.4 Å². The Morgan fingerprint density at radius 2 is 1.86 bits per heavy atom. The van der Waals surface area contributed by atoms with Crippen molar-refractivity contribution in [3.05, 3.63) is 40.4 Å². The first-order chi connectivity index (χ1) is 13.5. The van der Waals surface area contributed by atoms with Crippen molar-refractivity contribution in [2.45, 2.75) is 33.6 Å². The van der Waals surface area contributed by atoms with Gasteiger partial charge in [-0.05, 0) is 49.6 Å². The molecular formula is C22H30BrClN4O. The summed E-state index contributed by atoms with van der Waals surface area (Å²) in [5.74, 6) is 1.59. The SMILES string of the molecule is CCCN(CCC)c1cccc2nc(Nc3c(C)cc(Br)cc3OC)n(C)c12.Cl. The largest absolute Gasteiger partial charge is 0.495 e. The molecule has 0 aliphatic carbocycles. The molecule has 5 nitrogen and oxygen atoms in total. The average molecular weight is 482 g/mol. The number of imidazole rings is 1. The molecule has 0 aliphatic heterocycles. The first kappa shape index (κ1) is 23.4. The fourth-order valence-electron chi connectivity index (χ4n) is 3.65. The number of para-hydroxylation sites is 1. The number of aromatic nitrogens is 2. The third-order valence-corrected chi connectivity index (χ3v) is 5.38. The Balaban J connectivity index is 0.00000300. The fraction of sp³-hybridized carbons (Fsp3) is 0.409. The number of aryl methyl sites for hydroxylation is 2. The molecule has 0 unspecified atom stereocenters. The maximum Gasteiger partial charge on any atom is 0.208 e. The van der Waals surface area contributed by atoms with Crippen LogP contribution < -0.4 is 15.0 Å². The zero-order valence-corrected chi connectivity index (χ0v) is 20.2. The summed E-state index contributed by atoms with van der Waals surface area (Å²) in [5, 5.41) is 3.49. The molecule has 1 N–H and O–H groups in total. The Morgan fingerprint density at radius 3 is 2.48 bits per heavy atom. The van der Waals surface area contributed by atoms with Crippen LogP contribution in [0.5, 0.6) is 5.75 Å². The molecule has 0 aliphatic rings. The van der Waals surface area contributed by atoms with Gasteiger partial charge in [-0.15, -0.1) is 12.4 Å². The highest BCUT2D eigenvalue weighted by Gasteiger charge is 2.17. The van der Waals surface area contributed by atoms with Crippen LogP contribution in [-0.4, -0.2) is 29.8 Å². The summed E-state index contributed by atoms with van der Waals surface area (Å²) in [6.07, 6.45) is 2.24. The maximum atomic E-state index is 5.58. The van der Waals surface area contributed by atoms with Crippen molar-refractivity contribution in [3.8, 4) is 5.75 Å². The van der Waals surface area contributed by atoms with Gasteiger partial charge in [0.05, 0.1) is 29.5 Å². The topological polar surface area (TPSA) is 42.3 Å². The highest BCUT2D eigenvalue weighted by atomic mass is 79.9. The Kier molecular flexibility index (Phi) is 8.23. The van der Waals surface area contributed by atoms with Crippen LogP contribution in [0.15, 0.2) is 34.8 Å². The molecular weight excluding hydrogens is 452 g/mol. The van der Waals surface area contributed by atoms with Gasteiger partial charge in [0.2, 0.25) is 5.95 Å². The van der Waals surface area contributed by atoms with Crippen LogP contribution in [0.2, 0.25) is 0 Å². The van der Waals surface area contributed by atoms with Gasteiger partial charge in [0.1, 0.15) is 5.75 Å². The highest BCUT2D eigenvalue weighted by Crippen LogP contribution is 2.36. The van der Waals surface area contributed by atoms with Crippen LogP contribution in [0.3, 0.4) is 0 Å². The van der Waals surface area contributed by atoms with Gasteiger partial charge < -0.3 is 19.5 Å². The van der Waals surface area contributed by atoms with E-state index < -0.39 is 0 Å². The Hall–Kier alpha value is -1.92. The molecule has 29 heavy (non-hydrogen) atoms. The number of ether oxygens (including phenoxy) is 1. The van der Waals surface area contributed by atoms with E-state index in [4.69, 9.17) is 9.72 Å². The second kappa shape index (κ2) is 10.2. The quantitative estimate of drug-likeness (QED) is 0.402. The number of rotatable bonds is 8. The predicted octanol–water partition coefficient (Wildman–Crippen LogP) is 6.44. The lowest BCUT2D eigenvalue weighted by atomic mass is 10.2. The summed E-state index contributed by atoms with van der Waals surface area (Å²) in [7, 11) is 3.75. The van der Waals surface area contributed by atoms with Gasteiger partial charge in [0, 0.05) is 24.6 Å². The highest BCUT2D eigenvalue weighted by molar-refractivity contribution is 9.10. The summed E-state index contributed by atoms with van der Waals surface area (Å²) in [6, 6.07) is 10.4. The van der Waals surface area contributed by atoms with Crippen LogP contribution in [0.25, 0.3) is 11.0 Å². The number of anilines is 3. The molecule has 3 aromatic rings. The van der Waals surface area contributed by atoms with Crippen molar-refractivity contribution in [1.82, 2.24) is 9.55 Å². The zero-order chi connectivity index (χ0) is 20.3. The molecule has 0 spiro atoms. The van der Waals surface area contributed by atoms with Gasteiger partial charge >= 0.3 is 0 Å². The standard InChI is InChI=1S/C22H29BrN4O.ClH/c1-6-11-27(12-7-2)18-10-8-9-17-21(18)26(4)22(24-17)25-20-15(3)13-16(23)14-19(20)28-5;/h8-10,13-14H,6-7,11-12H2,1-5H3,(H,24,25);1H. The first-order valence-electron chi connectivity index (χ1n) is 9.81. The molecule has 1 heterocycles. The second-order valence-corrected chi connectivity index (χ2v) is 7.97. The minimum atomic E-state index is 0. The van der Waals surface area contributed by atoms with E-state index >= 15 is 0 Å². The molecule has 3 rings (SSSR count). The zero-order valence-electron chi connectivity index (χ0n) is 17.8.